The number of nitrogens with zero attached hydrogens (tertiary/aromatic N) is 2. The summed E-state index contributed by atoms with van der Waals surface area (Å²) in [5.41, 5.74) is 0. The van der Waals surface area contributed by atoms with Crippen LogP contribution in [0.5, 0.6) is 5.75 Å². The van der Waals surface area contributed by atoms with Gasteiger partial charge in [-0.3, -0.25) is 0 Å². The summed E-state index contributed by atoms with van der Waals surface area (Å²) in [4.78, 5) is 4.13. The maximum absolute atomic E-state index is 6.21. The molecule has 0 saturated carbocycles. The van der Waals surface area contributed by atoms with Crippen molar-refractivity contribution < 1.29 is 4.74 Å². The molecule has 0 spiro atoms. The van der Waals surface area contributed by atoms with E-state index in [1.165, 1.54) is 38.5 Å². The van der Waals surface area contributed by atoms with Gasteiger partial charge in [-0.2, -0.15) is 11.8 Å². The molecule has 1 aromatic carbocycles. The van der Waals surface area contributed by atoms with E-state index in [-0.39, 0.29) is 0 Å². The third kappa shape index (κ3) is 8.24. The number of rotatable bonds is 13. The van der Waals surface area contributed by atoms with Crippen molar-refractivity contribution in [2.45, 2.75) is 57.2 Å². The van der Waals surface area contributed by atoms with Gasteiger partial charge in [-0.05, 0) is 30.4 Å². The fourth-order valence-electron chi connectivity index (χ4n) is 2.69. The van der Waals surface area contributed by atoms with E-state index in [2.05, 4.69) is 16.5 Å². The quantitative estimate of drug-likeness (QED) is 0.339. The maximum Gasteiger partial charge on any atom is 0.138 e. The first kappa shape index (κ1) is 21.5. The number of imidazole rings is 1. The molecule has 3 nitrogen and oxygen atoms in total. The molecule has 1 heterocycles. The Morgan fingerprint density at radius 2 is 1.96 bits per heavy atom. The van der Waals surface area contributed by atoms with Crippen LogP contribution in [0.2, 0.25) is 10.0 Å². The van der Waals surface area contributed by atoms with Crippen LogP contribution in [0, 0.1) is 0 Å². The molecule has 0 aliphatic rings. The molecule has 26 heavy (non-hydrogen) atoms. The van der Waals surface area contributed by atoms with Gasteiger partial charge in [-0.25, -0.2) is 4.98 Å². The Bertz CT molecular complexity index is 622. The molecule has 0 amide bonds. The number of halogens is 2. The normalized spacial score (nSPS) is 12.3. The molecule has 0 radical (unpaired) electrons. The third-order valence-electron chi connectivity index (χ3n) is 4.14. The van der Waals surface area contributed by atoms with Crippen LogP contribution in [0.1, 0.15) is 45.4 Å². The van der Waals surface area contributed by atoms with Gasteiger partial charge >= 0.3 is 0 Å². The maximum atomic E-state index is 6.21. The summed E-state index contributed by atoms with van der Waals surface area (Å²) in [6.45, 7) is 3.75. The van der Waals surface area contributed by atoms with Crippen molar-refractivity contribution in [2.75, 3.05) is 12.4 Å². The zero-order valence-electron chi connectivity index (χ0n) is 15.4. The summed E-state index contributed by atoms with van der Waals surface area (Å²) in [6.07, 6.45) is 13.6. The highest BCUT2D eigenvalue weighted by molar-refractivity contribution is 7.99. The summed E-state index contributed by atoms with van der Waals surface area (Å²) in [6, 6.07) is 5.35. The largest absolute Gasteiger partial charge is 0.491 e. The number of hydrogen-bond donors (Lipinski definition) is 0. The van der Waals surface area contributed by atoms with E-state index in [1.54, 1.807) is 12.1 Å². The first-order valence-electron chi connectivity index (χ1n) is 9.34. The van der Waals surface area contributed by atoms with E-state index >= 15 is 0 Å². The van der Waals surface area contributed by atoms with E-state index in [0.29, 0.717) is 27.7 Å². The lowest BCUT2D eigenvalue weighted by molar-refractivity contribution is 0.308. The van der Waals surface area contributed by atoms with Crippen LogP contribution >= 0.6 is 35.0 Å². The molecule has 1 unspecified atom stereocenters. The number of thioether (sulfide) groups is 1. The van der Waals surface area contributed by atoms with Gasteiger partial charge in [0.1, 0.15) is 12.4 Å². The highest BCUT2D eigenvalue weighted by Gasteiger charge is 2.13. The molecule has 1 atom stereocenters. The summed E-state index contributed by atoms with van der Waals surface area (Å²) in [7, 11) is 0. The summed E-state index contributed by atoms with van der Waals surface area (Å²) < 4.78 is 8.07. The molecule has 144 valence electrons. The number of benzene rings is 1. The lowest BCUT2D eigenvalue weighted by atomic mass is 10.1. The smallest absolute Gasteiger partial charge is 0.138 e. The Labute approximate surface area is 171 Å². The molecule has 0 fully saturated rings. The lowest BCUT2D eigenvalue weighted by Gasteiger charge is -2.18. The highest BCUT2D eigenvalue weighted by atomic mass is 35.5. The Morgan fingerprint density at radius 1 is 1.15 bits per heavy atom. The van der Waals surface area contributed by atoms with Gasteiger partial charge in [-0.15, -0.1) is 0 Å². The van der Waals surface area contributed by atoms with Crippen LogP contribution in [0.15, 0.2) is 36.9 Å². The second kappa shape index (κ2) is 12.5. The second-order valence-corrected chi connectivity index (χ2v) is 8.66. The summed E-state index contributed by atoms with van der Waals surface area (Å²) >= 11 is 14.1. The SMILES string of the molecule is CCCCCCCCSC(COc1ccc(Cl)cc1Cl)Cn1ccnc1. The van der Waals surface area contributed by atoms with Crippen molar-refractivity contribution in [2.24, 2.45) is 0 Å². The average molecular weight is 415 g/mol. The molecule has 0 aliphatic heterocycles. The number of aromatic nitrogens is 2. The lowest BCUT2D eigenvalue weighted by Crippen LogP contribution is -2.21. The predicted molar refractivity (Wildman–Crippen MR) is 114 cm³/mol. The highest BCUT2D eigenvalue weighted by Crippen LogP contribution is 2.28. The van der Waals surface area contributed by atoms with Gasteiger partial charge < -0.3 is 9.30 Å². The number of unbranched alkanes of at least 4 members (excludes halogenated alkanes) is 5. The van der Waals surface area contributed by atoms with Crippen molar-refractivity contribution in [1.82, 2.24) is 9.55 Å². The number of ether oxygens (including phenoxy) is 1. The first-order chi connectivity index (χ1) is 12.7. The Balaban J connectivity index is 1.79. The van der Waals surface area contributed by atoms with Crippen LogP contribution in [0.3, 0.4) is 0 Å². The first-order valence-corrected chi connectivity index (χ1v) is 11.1. The van der Waals surface area contributed by atoms with Crippen molar-refractivity contribution >= 4 is 35.0 Å². The summed E-state index contributed by atoms with van der Waals surface area (Å²) in [5.74, 6) is 1.84. The average Bonchev–Trinajstić information content (AvgIpc) is 3.13. The molecular weight excluding hydrogens is 387 g/mol. The minimum Gasteiger partial charge on any atom is -0.491 e. The number of hydrogen-bond acceptors (Lipinski definition) is 3. The van der Waals surface area contributed by atoms with Gasteiger partial charge in [0.2, 0.25) is 0 Å². The van der Waals surface area contributed by atoms with E-state index in [4.69, 9.17) is 27.9 Å². The van der Waals surface area contributed by atoms with Crippen molar-refractivity contribution in [3.63, 3.8) is 0 Å². The Kier molecular flexibility index (Phi) is 10.3. The van der Waals surface area contributed by atoms with Gasteiger partial charge in [-0.1, -0.05) is 62.2 Å². The van der Waals surface area contributed by atoms with Gasteiger partial charge in [0, 0.05) is 24.0 Å². The third-order valence-corrected chi connectivity index (χ3v) is 5.96. The van der Waals surface area contributed by atoms with E-state index < -0.39 is 0 Å². The molecule has 2 rings (SSSR count). The molecule has 0 saturated heterocycles. The van der Waals surface area contributed by atoms with Crippen LogP contribution in [-0.4, -0.2) is 27.2 Å². The summed E-state index contributed by atoms with van der Waals surface area (Å²) in [5, 5.41) is 1.53. The molecule has 1 aromatic heterocycles. The standard InChI is InChI=1S/C20H28Cl2N2OS/c1-2-3-4-5-6-7-12-26-18(14-24-11-10-23-16-24)15-25-20-9-8-17(21)13-19(20)22/h8-11,13,16,18H,2-7,12,14-15H2,1H3. The zero-order valence-corrected chi connectivity index (χ0v) is 17.7. The predicted octanol–water partition coefficient (Wildman–Crippen LogP) is 6.73. The minimum absolute atomic E-state index is 0.353. The Morgan fingerprint density at radius 3 is 2.69 bits per heavy atom. The molecule has 0 N–H and O–H groups in total. The van der Waals surface area contributed by atoms with Crippen LogP contribution in [0.4, 0.5) is 0 Å². The monoisotopic (exact) mass is 414 g/mol. The molecule has 0 aliphatic carbocycles. The molecule has 0 bridgehead atoms. The fourth-order valence-corrected chi connectivity index (χ4v) is 4.30. The van der Waals surface area contributed by atoms with Crippen molar-refractivity contribution in [3.8, 4) is 5.75 Å². The molecular formula is C20H28Cl2N2OS. The second-order valence-electron chi connectivity index (χ2n) is 6.41. The van der Waals surface area contributed by atoms with Crippen LogP contribution in [0.25, 0.3) is 0 Å². The van der Waals surface area contributed by atoms with E-state index in [0.717, 1.165) is 12.3 Å². The van der Waals surface area contributed by atoms with E-state index in [1.807, 2.05) is 36.5 Å². The van der Waals surface area contributed by atoms with Gasteiger partial charge in [0.15, 0.2) is 0 Å². The Hall–Kier alpha value is -0.840. The topological polar surface area (TPSA) is 27.1 Å². The minimum atomic E-state index is 0.353. The van der Waals surface area contributed by atoms with Crippen molar-refractivity contribution in [3.05, 3.63) is 47.0 Å². The van der Waals surface area contributed by atoms with Gasteiger partial charge in [0.25, 0.3) is 0 Å². The molecule has 6 heteroatoms. The van der Waals surface area contributed by atoms with E-state index in [9.17, 15) is 0 Å². The van der Waals surface area contributed by atoms with Crippen molar-refractivity contribution in [1.29, 1.82) is 0 Å². The molecule has 2 aromatic rings. The van der Waals surface area contributed by atoms with Crippen LogP contribution < -0.4 is 4.74 Å². The van der Waals surface area contributed by atoms with Gasteiger partial charge in [0.05, 0.1) is 16.6 Å². The van der Waals surface area contributed by atoms with Crippen LogP contribution in [-0.2, 0) is 6.54 Å². The zero-order chi connectivity index (χ0) is 18.6. The fraction of sp³-hybridized carbons (Fsp3) is 0.550.